The Balaban J connectivity index is 1.75. The lowest BCUT2D eigenvalue weighted by molar-refractivity contribution is 0.0497. The fourth-order valence-corrected chi connectivity index (χ4v) is 4.70. The molecular weight excluding hydrogens is 324 g/mol. The van der Waals surface area contributed by atoms with Crippen molar-refractivity contribution in [2.24, 2.45) is 0 Å². The van der Waals surface area contributed by atoms with E-state index in [-0.39, 0.29) is 36.0 Å². The number of hydrogen-bond acceptors (Lipinski definition) is 2. The first-order chi connectivity index (χ1) is 12.4. The van der Waals surface area contributed by atoms with Crippen LogP contribution in [0, 0.1) is 0 Å². The van der Waals surface area contributed by atoms with Gasteiger partial charge in [-0.3, -0.25) is 9.59 Å². The highest BCUT2D eigenvalue weighted by Gasteiger charge is 2.31. The Labute approximate surface area is 157 Å². The quantitative estimate of drug-likeness (QED) is 0.783. The van der Waals surface area contributed by atoms with Crippen molar-refractivity contribution in [3.8, 4) is 0 Å². The Morgan fingerprint density at radius 3 is 1.19 bits per heavy atom. The maximum Gasteiger partial charge on any atom is 0.254 e. The Kier molecular flexibility index (Phi) is 5.69. The van der Waals surface area contributed by atoms with Crippen LogP contribution >= 0.6 is 0 Å². The normalized spacial score (nSPS) is 29.5. The molecule has 4 heteroatoms. The predicted molar refractivity (Wildman–Crippen MR) is 104 cm³/mol. The fraction of sp³-hybridized carbons (Fsp3) is 0.636. The number of piperidine rings is 2. The molecule has 2 amide bonds. The lowest BCUT2D eigenvalue weighted by Gasteiger charge is -2.39. The highest BCUT2D eigenvalue weighted by atomic mass is 16.2. The van der Waals surface area contributed by atoms with Crippen molar-refractivity contribution >= 4 is 11.8 Å². The number of amides is 2. The van der Waals surface area contributed by atoms with Gasteiger partial charge in [-0.15, -0.1) is 0 Å². The van der Waals surface area contributed by atoms with Gasteiger partial charge in [0.05, 0.1) is 0 Å². The number of carbonyl (C=O) groups is 2. The zero-order chi connectivity index (χ0) is 18.8. The van der Waals surface area contributed by atoms with Gasteiger partial charge in [0.25, 0.3) is 11.8 Å². The van der Waals surface area contributed by atoms with E-state index in [2.05, 4.69) is 27.7 Å². The van der Waals surface area contributed by atoms with E-state index in [1.54, 1.807) is 0 Å². The van der Waals surface area contributed by atoms with E-state index in [0.29, 0.717) is 11.1 Å². The van der Waals surface area contributed by atoms with Gasteiger partial charge in [0.2, 0.25) is 0 Å². The molecule has 0 saturated carbocycles. The molecule has 0 N–H and O–H groups in total. The lowest BCUT2D eigenvalue weighted by atomic mass is 9.95. The summed E-state index contributed by atoms with van der Waals surface area (Å²) >= 11 is 0. The molecule has 4 nitrogen and oxygen atoms in total. The molecule has 1 aromatic rings. The molecule has 26 heavy (non-hydrogen) atoms. The second-order valence-electron chi connectivity index (χ2n) is 8.26. The van der Waals surface area contributed by atoms with Crippen LogP contribution in [-0.2, 0) is 0 Å². The van der Waals surface area contributed by atoms with Crippen LogP contribution in [0.15, 0.2) is 24.3 Å². The Morgan fingerprint density at radius 2 is 0.923 bits per heavy atom. The summed E-state index contributed by atoms with van der Waals surface area (Å²) in [7, 11) is 0. The van der Waals surface area contributed by atoms with Crippen molar-refractivity contribution in [2.45, 2.75) is 90.4 Å². The van der Waals surface area contributed by atoms with Crippen LogP contribution < -0.4 is 0 Å². The van der Waals surface area contributed by atoms with Crippen molar-refractivity contribution in [3.63, 3.8) is 0 Å². The SMILES string of the molecule is C[C@@H]1CCC[C@H](C)N1C(=O)c1ccc(C(=O)N2[C@@H](C)CCC[C@@H]2C)cc1. The third-order valence-electron chi connectivity index (χ3n) is 6.23. The van der Waals surface area contributed by atoms with Gasteiger partial charge in [0.15, 0.2) is 0 Å². The third kappa shape index (κ3) is 3.65. The largest absolute Gasteiger partial charge is 0.333 e. The average Bonchev–Trinajstić information content (AvgIpc) is 2.61. The summed E-state index contributed by atoms with van der Waals surface area (Å²) in [6.07, 6.45) is 6.64. The maximum absolute atomic E-state index is 12.9. The first kappa shape index (κ1) is 18.9. The smallest absolute Gasteiger partial charge is 0.254 e. The molecule has 4 atom stereocenters. The molecule has 0 radical (unpaired) electrons. The van der Waals surface area contributed by atoms with Gasteiger partial charge >= 0.3 is 0 Å². The summed E-state index contributed by atoms with van der Waals surface area (Å²) in [6, 6.07) is 8.41. The first-order valence-electron chi connectivity index (χ1n) is 10.2. The van der Waals surface area contributed by atoms with E-state index in [4.69, 9.17) is 0 Å². The van der Waals surface area contributed by atoms with Gasteiger partial charge in [-0.2, -0.15) is 0 Å². The second-order valence-corrected chi connectivity index (χ2v) is 8.26. The van der Waals surface area contributed by atoms with E-state index < -0.39 is 0 Å². The van der Waals surface area contributed by atoms with Crippen molar-refractivity contribution in [2.75, 3.05) is 0 Å². The standard InChI is InChI=1S/C22H32N2O2/c1-15-7-5-8-16(2)23(15)21(25)19-11-13-20(14-12-19)22(26)24-17(3)9-6-10-18(24)4/h11-18H,5-10H2,1-4H3/t15-,16-,17-,18+/m0/s1. The zero-order valence-corrected chi connectivity index (χ0v) is 16.6. The van der Waals surface area contributed by atoms with E-state index >= 15 is 0 Å². The predicted octanol–water partition coefficient (Wildman–Crippen LogP) is 4.49. The van der Waals surface area contributed by atoms with Gasteiger partial charge < -0.3 is 9.80 Å². The number of benzene rings is 1. The molecule has 2 fully saturated rings. The minimum Gasteiger partial charge on any atom is -0.333 e. The van der Waals surface area contributed by atoms with E-state index in [0.717, 1.165) is 25.7 Å². The van der Waals surface area contributed by atoms with Gasteiger partial charge in [-0.05, 0) is 90.5 Å². The molecular formula is C22H32N2O2. The van der Waals surface area contributed by atoms with Gasteiger partial charge in [0.1, 0.15) is 0 Å². The Bertz CT molecular complexity index is 578. The molecule has 2 aliphatic rings. The first-order valence-corrected chi connectivity index (χ1v) is 10.2. The van der Waals surface area contributed by atoms with Crippen molar-refractivity contribution < 1.29 is 9.59 Å². The number of hydrogen-bond donors (Lipinski definition) is 0. The van der Waals surface area contributed by atoms with Crippen LogP contribution in [0.4, 0.5) is 0 Å². The second kappa shape index (κ2) is 7.81. The van der Waals surface area contributed by atoms with Crippen LogP contribution in [0.3, 0.4) is 0 Å². The highest BCUT2D eigenvalue weighted by Crippen LogP contribution is 2.26. The molecule has 0 aliphatic carbocycles. The molecule has 1 aromatic carbocycles. The molecule has 0 bridgehead atoms. The Morgan fingerprint density at radius 1 is 0.654 bits per heavy atom. The van der Waals surface area contributed by atoms with Crippen LogP contribution in [-0.4, -0.2) is 45.8 Å². The van der Waals surface area contributed by atoms with Crippen molar-refractivity contribution in [3.05, 3.63) is 35.4 Å². The maximum atomic E-state index is 12.9. The highest BCUT2D eigenvalue weighted by molar-refractivity contribution is 5.98. The fourth-order valence-electron chi connectivity index (χ4n) is 4.70. The van der Waals surface area contributed by atoms with Gasteiger partial charge in [-0.1, -0.05) is 0 Å². The topological polar surface area (TPSA) is 40.6 Å². The summed E-state index contributed by atoms with van der Waals surface area (Å²) in [6.45, 7) is 8.52. The molecule has 2 heterocycles. The van der Waals surface area contributed by atoms with Crippen LogP contribution in [0.1, 0.15) is 86.9 Å². The molecule has 2 aliphatic heterocycles. The molecule has 142 valence electrons. The number of rotatable bonds is 2. The van der Waals surface area contributed by atoms with Crippen molar-refractivity contribution in [1.82, 2.24) is 9.80 Å². The molecule has 0 unspecified atom stereocenters. The summed E-state index contributed by atoms with van der Waals surface area (Å²) in [5.74, 6) is 0.173. The van der Waals surface area contributed by atoms with Crippen LogP contribution in [0.25, 0.3) is 0 Å². The number of likely N-dealkylation sites (tertiary alicyclic amines) is 2. The molecule has 0 spiro atoms. The molecule has 2 saturated heterocycles. The summed E-state index contributed by atoms with van der Waals surface area (Å²) in [5, 5.41) is 0. The van der Waals surface area contributed by atoms with E-state index in [1.807, 2.05) is 34.1 Å². The average molecular weight is 357 g/mol. The van der Waals surface area contributed by atoms with Crippen molar-refractivity contribution in [1.29, 1.82) is 0 Å². The zero-order valence-electron chi connectivity index (χ0n) is 16.6. The monoisotopic (exact) mass is 356 g/mol. The van der Waals surface area contributed by atoms with E-state index in [1.165, 1.54) is 12.8 Å². The molecule has 3 rings (SSSR count). The van der Waals surface area contributed by atoms with E-state index in [9.17, 15) is 9.59 Å². The van der Waals surface area contributed by atoms with Crippen LogP contribution in [0.5, 0.6) is 0 Å². The minimum absolute atomic E-state index is 0.0865. The van der Waals surface area contributed by atoms with Gasteiger partial charge in [0, 0.05) is 35.3 Å². The summed E-state index contributed by atoms with van der Waals surface area (Å²) in [5.41, 5.74) is 1.36. The number of carbonyl (C=O) groups excluding carboxylic acids is 2. The van der Waals surface area contributed by atoms with Crippen LogP contribution in [0.2, 0.25) is 0 Å². The third-order valence-corrected chi connectivity index (χ3v) is 6.23. The summed E-state index contributed by atoms with van der Waals surface area (Å²) < 4.78 is 0. The summed E-state index contributed by atoms with van der Waals surface area (Å²) in [4.78, 5) is 29.9. The Hall–Kier alpha value is -1.84. The van der Waals surface area contributed by atoms with Gasteiger partial charge in [-0.25, -0.2) is 0 Å². The minimum atomic E-state index is 0.0865. The number of nitrogens with zero attached hydrogens (tertiary/aromatic N) is 2. The lowest BCUT2D eigenvalue weighted by Crippen LogP contribution is -2.48. The molecule has 0 aromatic heterocycles.